The van der Waals surface area contributed by atoms with Gasteiger partial charge in [-0.3, -0.25) is 0 Å². The summed E-state index contributed by atoms with van der Waals surface area (Å²) in [5.41, 5.74) is 2.41. The third-order valence-electron chi connectivity index (χ3n) is 10.4. The van der Waals surface area contributed by atoms with Gasteiger partial charge in [0, 0.05) is 6.61 Å². The zero-order chi connectivity index (χ0) is 21.9. The van der Waals surface area contributed by atoms with Crippen molar-refractivity contribution >= 4 is 8.07 Å². The largest absolute Gasteiger partial charge is 0.376 e. The second kappa shape index (κ2) is 10.6. The lowest BCUT2D eigenvalue weighted by molar-refractivity contribution is -0.00471. The monoisotopic (exact) mass is 446 g/mol. The lowest BCUT2D eigenvalue weighted by Crippen LogP contribution is -2.45. The first-order valence-electron chi connectivity index (χ1n) is 14.5. The van der Waals surface area contributed by atoms with Crippen molar-refractivity contribution in [2.45, 2.75) is 153 Å². The van der Waals surface area contributed by atoms with Crippen molar-refractivity contribution in [3.05, 3.63) is 0 Å². The number of fused-ring (bicyclic) bond motifs is 3. The van der Waals surface area contributed by atoms with E-state index in [2.05, 4.69) is 27.3 Å². The molecule has 4 unspecified atom stereocenters. The van der Waals surface area contributed by atoms with Crippen molar-refractivity contribution < 1.29 is 4.74 Å². The molecule has 31 heavy (non-hydrogen) atoms. The summed E-state index contributed by atoms with van der Waals surface area (Å²) in [6.45, 7) is 10.5. The third kappa shape index (κ3) is 5.64. The fourth-order valence-electron chi connectivity index (χ4n) is 9.20. The van der Waals surface area contributed by atoms with E-state index in [1.54, 1.807) is 83.1 Å². The molecule has 0 aromatic heterocycles. The van der Waals surface area contributed by atoms with Gasteiger partial charge in [0.1, 0.15) is 0 Å². The minimum absolute atomic E-state index is 0.0313. The molecular formula is C29H54OSi. The molecule has 5 atom stereocenters. The van der Waals surface area contributed by atoms with Crippen molar-refractivity contribution in [3.63, 3.8) is 0 Å². The minimum Gasteiger partial charge on any atom is -0.376 e. The van der Waals surface area contributed by atoms with Crippen LogP contribution in [0.4, 0.5) is 0 Å². The molecule has 2 heteroatoms. The number of hydrogen-bond acceptors (Lipinski definition) is 1. The maximum Gasteiger partial charge on any atom is 0.0598 e. The Kier molecular flexibility index (Phi) is 8.33. The summed E-state index contributed by atoms with van der Waals surface area (Å²) in [6.07, 6.45) is 24.6. The lowest BCUT2D eigenvalue weighted by atomic mass is 9.73. The van der Waals surface area contributed by atoms with E-state index in [0.29, 0.717) is 0 Å². The Morgan fingerprint density at radius 1 is 0.645 bits per heavy atom. The molecule has 0 aromatic rings. The zero-order valence-corrected chi connectivity index (χ0v) is 22.6. The Bertz CT molecular complexity index is 525. The van der Waals surface area contributed by atoms with Crippen LogP contribution in [-0.2, 0) is 4.74 Å². The summed E-state index contributed by atoms with van der Waals surface area (Å²) < 4.78 is 5.97. The quantitative estimate of drug-likeness (QED) is 0.253. The van der Waals surface area contributed by atoms with Gasteiger partial charge in [-0.1, -0.05) is 96.1 Å². The first-order valence-corrected chi connectivity index (χ1v) is 17.4. The molecule has 0 aliphatic heterocycles. The first kappa shape index (κ1) is 24.3. The molecule has 180 valence electrons. The molecule has 0 heterocycles. The highest BCUT2D eigenvalue weighted by Gasteiger charge is 2.58. The van der Waals surface area contributed by atoms with E-state index in [4.69, 9.17) is 4.74 Å². The van der Waals surface area contributed by atoms with Crippen LogP contribution in [0.25, 0.3) is 0 Å². The Balaban J connectivity index is 1.40. The van der Waals surface area contributed by atoms with Gasteiger partial charge in [-0.15, -0.1) is 0 Å². The molecule has 0 aromatic carbocycles. The maximum absolute atomic E-state index is 5.97. The predicted molar refractivity (Wildman–Crippen MR) is 137 cm³/mol. The topological polar surface area (TPSA) is 9.23 Å². The Morgan fingerprint density at radius 2 is 1.13 bits per heavy atom. The number of rotatable bonds is 9. The fourth-order valence-corrected chi connectivity index (χ4v) is 16.0. The summed E-state index contributed by atoms with van der Waals surface area (Å²) in [5, 5.41) is 0. The van der Waals surface area contributed by atoms with Gasteiger partial charge in [0.2, 0.25) is 0 Å². The van der Waals surface area contributed by atoms with Crippen LogP contribution in [0, 0.1) is 23.7 Å². The molecule has 0 bridgehead atoms. The van der Waals surface area contributed by atoms with Gasteiger partial charge in [-0.25, -0.2) is 0 Å². The van der Waals surface area contributed by atoms with Gasteiger partial charge >= 0.3 is 0 Å². The molecule has 0 radical (unpaired) electrons. The second-order valence-electron chi connectivity index (χ2n) is 13.4. The molecule has 4 saturated carbocycles. The van der Waals surface area contributed by atoms with Crippen LogP contribution in [0.5, 0.6) is 0 Å². The minimum atomic E-state index is -1.23. The van der Waals surface area contributed by atoms with Crippen LogP contribution in [0.15, 0.2) is 0 Å². The zero-order valence-electron chi connectivity index (χ0n) is 21.6. The molecular weight excluding hydrogens is 392 g/mol. The van der Waals surface area contributed by atoms with Crippen molar-refractivity contribution in [2.24, 2.45) is 23.7 Å². The number of unbranched alkanes of at least 4 members (excludes halogenated alkanes) is 3. The van der Waals surface area contributed by atoms with Crippen LogP contribution in [0.3, 0.4) is 0 Å². The van der Waals surface area contributed by atoms with Crippen LogP contribution in [0.2, 0.25) is 23.7 Å². The Morgan fingerprint density at radius 3 is 1.68 bits per heavy atom. The smallest absolute Gasteiger partial charge is 0.0598 e. The summed E-state index contributed by atoms with van der Waals surface area (Å²) in [7, 11) is -1.23. The average molecular weight is 447 g/mol. The number of ether oxygens (including phenoxy) is 1. The van der Waals surface area contributed by atoms with E-state index in [9.17, 15) is 0 Å². The Hall–Kier alpha value is 0.177. The van der Waals surface area contributed by atoms with Gasteiger partial charge in [0.25, 0.3) is 0 Å². The van der Waals surface area contributed by atoms with Crippen LogP contribution < -0.4 is 0 Å². The van der Waals surface area contributed by atoms with Gasteiger partial charge in [-0.2, -0.15) is 0 Å². The molecule has 0 amide bonds. The van der Waals surface area contributed by atoms with E-state index >= 15 is 0 Å². The third-order valence-corrected chi connectivity index (χ3v) is 16.7. The summed E-state index contributed by atoms with van der Waals surface area (Å²) in [5.74, 6) is 4.59. The molecule has 4 aliphatic rings. The van der Waals surface area contributed by atoms with Gasteiger partial charge in [0.15, 0.2) is 0 Å². The highest BCUT2D eigenvalue weighted by Crippen LogP contribution is 2.66. The van der Waals surface area contributed by atoms with Gasteiger partial charge < -0.3 is 4.74 Å². The van der Waals surface area contributed by atoms with Gasteiger partial charge in [-0.05, 0) is 74.8 Å². The van der Waals surface area contributed by atoms with Crippen molar-refractivity contribution in [3.8, 4) is 0 Å². The maximum atomic E-state index is 5.97. The molecule has 1 nitrogen and oxygen atoms in total. The predicted octanol–water partition coefficient (Wildman–Crippen LogP) is 9.38. The van der Waals surface area contributed by atoms with E-state index in [-0.39, 0.29) is 5.60 Å². The molecule has 0 saturated heterocycles. The van der Waals surface area contributed by atoms with E-state index in [0.717, 1.165) is 30.3 Å². The standard InChI is InChI=1S/C29H54OSi/c1-29(2,3)30-21-13-5-6-14-22-31(4,23-15-7-8-16-23)28-26-19-11-9-17-24(26)25-18-10-12-20-27(25)28/h23-28H,5-22H2,1-4H3/t24?,25?,26?,27?,28?,31-/m0/s1. The number of hydrogen-bond donors (Lipinski definition) is 0. The van der Waals surface area contributed by atoms with Crippen LogP contribution in [-0.4, -0.2) is 20.3 Å². The average Bonchev–Trinajstić information content (AvgIpc) is 3.39. The molecule has 4 fully saturated rings. The Labute approximate surface area is 195 Å². The summed E-state index contributed by atoms with van der Waals surface area (Å²) in [6, 6.07) is 1.66. The fraction of sp³-hybridized carbons (Fsp3) is 1.00. The highest BCUT2D eigenvalue weighted by molar-refractivity contribution is 6.81. The van der Waals surface area contributed by atoms with E-state index in [1.807, 2.05) is 0 Å². The van der Waals surface area contributed by atoms with Crippen LogP contribution in [0.1, 0.15) is 124 Å². The molecule has 4 rings (SSSR count). The van der Waals surface area contributed by atoms with E-state index < -0.39 is 8.07 Å². The van der Waals surface area contributed by atoms with Crippen molar-refractivity contribution in [1.29, 1.82) is 0 Å². The van der Waals surface area contributed by atoms with Crippen molar-refractivity contribution in [1.82, 2.24) is 0 Å². The normalized spacial score (nSPS) is 36.2. The lowest BCUT2D eigenvalue weighted by Gasteiger charge is -2.47. The SMILES string of the molecule is CC(C)(C)OCCCCCC[Si@@](C)(C1CCCC1)C1C2CCCCC2C2CCCCC21. The first-order chi connectivity index (χ1) is 14.9. The summed E-state index contributed by atoms with van der Waals surface area (Å²) in [4.78, 5) is 0. The second-order valence-corrected chi connectivity index (χ2v) is 18.4. The molecule has 0 spiro atoms. The van der Waals surface area contributed by atoms with Gasteiger partial charge in [0.05, 0.1) is 13.7 Å². The van der Waals surface area contributed by atoms with Crippen LogP contribution >= 0.6 is 0 Å². The highest BCUT2D eigenvalue weighted by atomic mass is 28.3. The summed E-state index contributed by atoms with van der Waals surface area (Å²) >= 11 is 0. The van der Waals surface area contributed by atoms with E-state index in [1.165, 1.54) is 36.8 Å². The molecule has 4 aliphatic carbocycles. The molecule has 0 N–H and O–H groups in total. The van der Waals surface area contributed by atoms with Crippen molar-refractivity contribution in [2.75, 3.05) is 6.61 Å².